The molecular formula is C18H19F2NO3. The number of carbonyl (C=O) groups is 1. The maximum atomic E-state index is 12.2. The molecule has 0 saturated heterocycles. The van der Waals surface area contributed by atoms with E-state index < -0.39 is 12.7 Å². The highest BCUT2D eigenvalue weighted by Crippen LogP contribution is 2.19. The van der Waals surface area contributed by atoms with E-state index in [1.165, 1.54) is 24.3 Å². The first-order chi connectivity index (χ1) is 11.4. The third-order valence-electron chi connectivity index (χ3n) is 3.57. The van der Waals surface area contributed by atoms with Crippen molar-refractivity contribution in [3.8, 4) is 5.75 Å². The Kier molecular flexibility index (Phi) is 5.87. The zero-order valence-electron chi connectivity index (χ0n) is 13.4. The van der Waals surface area contributed by atoms with Gasteiger partial charge in [0.1, 0.15) is 5.75 Å². The number of aliphatic hydroxyl groups excluding tert-OH is 1. The largest absolute Gasteiger partial charge is 0.435 e. The van der Waals surface area contributed by atoms with Crippen molar-refractivity contribution >= 4 is 5.91 Å². The number of ether oxygens (including phenoxy) is 1. The van der Waals surface area contributed by atoms with E-state index in [0.29, 0.717) is 11.1 Å². The number of nitrogens with one attached hydrogen (secondary N) is 1. The summed E-state index contributed by atoms with van der Waals surface area (Å²) in [5.41, 5.74) is 2.97. The summed E-state index contributed by atoms with van der Waals surface area (Å²) in [5, 5.41) is 12.8. The lowest BCUT2D eigenvalue weighted by molar-refractivity contribution is -0.0498. The SMILES string of the molecule is Cc1ccc(C(=O)NCC(O)c2ccc(OC(F)F)cc2)c(C)c1. The molecule has 2 rings (SSSR count). The number of carbonyl (C=O) groups excluding carboxylic acids is 1. The second kappa shape index (κ2) is 7.88. The van der Waals surface area contributed by atoms with Crippen LogP contribution in [0.25, 0.3) is 0 Å². The molecule has 2 aromatic rings. The number of halogens is 2. The maximum Gasteiger partial charge on any atom is 0.387 e. The summed E-state index contributed by atoms with van der Waals surface area (Å²) in [6.45, 7) is 0.916. The molecule has 1 unspecified atom stereocenters. The van der Waals surface area contributed by atoms with Crippen molar-refractivity contribution < 1.29 is 23.4 Å². The average molecular weight is 335 g/mol. The van der Waals surface area contributed by atoms with Gasteiger partial charge in [0, 0.05) is 12.1 Å². The van der Waals surface area contributed by atoms with Crippen molar-refractivity contribution in [1.82, 2.24) is 5.32 Å². The molecule has 0 saturated carbocycles. The highest BCUT2D eigenvalue weighted by Gasteiger charge is 2.13. The predicted molar refractivity (Wildman–Crippen MR) is 86.3 cm³/mol. The van der Waals surface area contributed by atoms with E-state index >= 15 is 0 Å². The van der Waals surface area contributed by atoms with Crippen LogP contribution in [0.15, 0.2) is 42.5 Å². The Morgan fingerprint density at radius 1 is 1.17 bits per heavy atom. The second-order valence-electron chi connectivity index (χ2n) is 5.49. The van der Waals surface area contributed by atoms with Gasteiger partial charge in [-0.25, -0.2) is 0 Å². The van der Waals surface area contributed by atoms with Crippen LogP contribution in [0.2, 0.25) is 0 Å². The lowest BCUT2D eigenvalue weighted by Gasteiger charge is -2.14. The minimum atomic E-state index is -2.89. The second-order valence-corrected chi connectivity index (χ2v) is 5.49. The summed E-state index contributed by atoms with van der Waals surface area (Å²) in [6, 6.07) is 11.1. The van der Waals surface area contributed by atoms with Gasteiger partial charge in [-0.15, -0.1) is 0 Å². The van der Waals surface area contributed by atoms with Gasteiger partial charge in [-0.3, -0.25) is 4.79 Å². The zero-order valence-corrected chi connectivity index (χ0v) is 13.4. The van der Waals surface area contributed by atoms with Crippen molar-refractivity contribution in [3.05, 3.63) is 64.7 Å². The van der Waals surface area contributed by atoms with Crippen molar-refractivity contribution in [1.29, 1.82) is 0 Å². The number of benzene rings is 2. The van der Waals surface area contributed by atoms with Gasteiger partial charge in [-0.05, 0) is 43.2 Å². The summed E-state index contributed by atoms with van der Waals surface area (Å²) < 4.78 is 28.4. The van der Waals surface area contributed by atoms with Gasteiger partial charge < -0.3 is 15.2 Å². The molecule has 1 atom stereocenters. The van der Waals surface area contributed by atoms with E-state index in [2.05, 4.69) is 10.1 Å². The molecule has 0 bridgehead atoms. The third kappa shape index (κ3) is 4.76. The minimum Gasteiger partial charge on any atom is -0.435 e. The molecular weight excluding hydrogens is 316 g/mol. The molecule has 0 fully saturated rings. The average Bonchev–Trinajstić information content (AvgIpc) is 2.52. The molecule has 0 aliphatic heterocycles. The molecule has 2 N–H and O–H groups in total. The summed E-state index contributed by atoms with van der Waals surface area (Å²) in [5.74, 6) is -0.260. The van der Waals surface area contributed by atoms with Crippen LogP contribution in [0.5, 0.6) is 5.75 Å². The van der Waals surface area contributed by atoms with Crippen LogP contribution < -0.4 is 10.1 Å². The monoisotopic (exact) mass is 335 g/mol. The molecule has 0 aliphatic rings. The van der Waals surface area contributed by atoms with Crippen LogP contribution in [-0.2, 0) is 0 Å². The van der Waals surface area contributed by atoms with Crippen molar-refractivity contribution in [3.63, 3.8) is 0 Å². The number of hydrogen-bond acceptors (Lipinski definition) is 3. The smallest absolute Gasteiger partial charge is 0.387 e. The summed E-state index contributed by atoms with van der Waals surface area (Å²) in [4.78, 5) is 12.2. The zero-order chi connectivity index (χ0) is 17.7. The Balaban J connectivity index is 1.94. The lowest BCUT2D eigenvalue weighted by Crippen LogP contribution is -2.28. The highest BCUT2D eigenvalue weighted by molar-refractivity contribution is 5.95. The van der Waals surface area contributed by atoms with Crippen molar-refractivity contribution in [2.45, 2.75) is 26.6 Å². The molecule has 0 aromatic heterocycles. The third-order valence-corrected chi connectivity index (χ3v) is 3.57. The number of aliphatic hydroxyl groups is 1. The van der Waals surface area contributed by atoms with E-state index in [-0.39, 0.29) is 18.2 Å². The Morgan fingerprint density at radius 2 is 1.83 bits per heavy atom. The highest BCUT2D eigenvalue weighted by atomic mass is 19.3. The summed E-state index contributed by atoms with van der Waals surface area (Å²) >= 11 is 0. The Hall–Kier alpha value is -2.47. The van der Waals surface area contributed by atoms with Gasteiger partial charge in [0.2, 0.25) is 0 Å². The molecule has 4 nitrogen and oxygen atoms in total. The molecule has 0 spiro atoms. The number of alkyl halides is 2. The topological polar surface area (TPSA) is 58.6 Å². The molecule has 6 heteroatoms. The lowest BCUT2D eigenvalue weighted by atomic mass is 10.0. The molecule has 24 heavy (non-hydrogen) atoms. The van der Waals surface area contributed by atoms with E-state index in [1.54, 1.807) is 6.07 Å². The fraction of sp³-hybridized carbons (Fsp3) is 0.278. The van der Waals surface area contributed by atoms with Crippen molar-refractivity contribution in [2.75, 3.05) is 6.54 Å². The molecule has 1 amide bonds. The number of aryl methyl sites for hydroxylation is 2. The summed E-state index contributed by atoms with van der Waals surface area (Å²) in [7, 11) is 0. The van der Waals surface area contributed by atoms with Gasteiger partial charge in [0.15, 0.2) is 0 Å². The number of rotatable bonds is 6. The van der Waals surface area contributed by atoms with E-state index in [1.807, 2.05) is 26.0 Å². The minimum absolute atomic E-state index is 0.0141. The van der Waals surface area contributed by atoms with Crippen LogP contribution in [0, 0.1) is 13.8 Å². The standard InChI is InChI=1S/C18H19F2NO3/c1-11-3-8-15(12(2)9-11)17(23)21-10-16(22)13-4-6-14(7-5-13)24-18(19)20/h3-9,16,18,22H,10H2,1-2H3,(H,21,23). The fourth-order valence-electron chi connectivity index (χ4n) is 2.34. The molecule has 2 aromatic carbocycles. The van der Waals surface area contributed by atoms with Crippen LogP contribution in [-0.4, -0.2) is 24.2 Å². The van der Waals surface area contributed by atoms with Crippen molar-refractivity contribution in [2.24, 2.45) is 0 Å². The predicted octanol–water partition coefficient (Wildman–Crippen LogP) is 3.37. The normalized spacial score (nSPS) is 12.1. The molecule has 128 valence electrons. The first-order valence-electron chi connectivity index (χ1n) is 7.45. The van der Waals surface area contributed by atoms with Gasteiger partial charge in [-0.1, -0.05) is 29.8 Å². The van der Waals surface area contributed by atoms with E-state index in [0.717, 1.165) is 11.1 Å². The molecule has 0 aliphatic carbocycles. The molecule has 0 heterocycles. The first-order valence-corrected chi connectivity index (χ1v) is 7.45. The van der Waals surface area contributed by atoms with Crippen LogP contribution in [0.3, 0.4) is 0 Å². The number of amides is 1. The van der Waals surface area contributed by atoms with E-state index in [4.69, 9.17) is 0 Å². The van der Waals surface area contributed by atoms with Gasteiger partial charge in [0.25, 0.3) is 5.91 Å². The summed E-state index contributed by atoms with van der Waals surface area (Å²) in [6.07, 6.45) is -0.944. The van der Waals surface area contributed by atoms with Gasteiger partial charge >= 0.3 is 6.61 Å². The van der Waals surface area contributed by atoms with Crippen LogP contribution >= 0.6 is 0 Å². The van der Waals surface area contributed by atoms with Crippen LogP contribution in [0.1, 0.15) is 33.2 Å². The quantitative estimate of drug-likeness (QED) is 0.851. The van der Waals surface area contributed by atoms with Gasteiger partial charge in [-0.2, -0.15) is 8.78 Å². The maximum absolute atomic E-state index is 12.2. The molecule has 0 radical (unpaired) electrons. The Bertz CT molecular complexity index is 702. The first kappa shape index (κ1) is 17.9. The fourth-order valence-corrected chi connectivity index (χ4v) is 2.34. The Labute approximate surface area is 139 Å². The Morgan fingerprint density at radius 3 is 2.42 bits per heavy atom. The van der Waals surface area contributed by atoms with E-state index in [9.17, 15) is 18.7 Å². The number of hydrogen-bond donors (Lipinski definition) is 2. The van der Waals surface area contributed by atoms with Gasteiger partial charge in [0.05, 0.1) is 6.10 Å². The van der Waals surface area contributed by atoms with Crippen LogP contribution in [0.4, 0.5) is 8.78 Å².